The lowest BCUT2D eigenvalue weighted by molar-refractivity contribution is 0.580. The Labute approximate surface area is 154 Å². The van der Waals surface area contributed by atoms with Crippen molar-refractivity contribution in [3.05, 3.63) is 75.9 Å². The van der Waals surface area contributed by atoms with Crippen molar-refractivity contribution in [2.24, 2.45) is 0 Å². The summed E-state index contributed by atoms with van der Waals surface area (Å²) in [6.45, 7) is 0.322. The van der Waals surface area contributed by atoms with E-state index in [1.807, 2.05) is 35.8 Å². The van der Waals surface area contributed by atoms with E-state index in [1.165, 1.54) is 11.3 Å². The largest absolute Gasteiger partial charge is 0.361 e. The summed E-state index contributed by atoms with van der Waals surface area (Å²) in [5.41, 5.74) is 2.16. The molecule has 0 saturated carbocycles. The fourth-order valence-electron chi connectivity index (χ4n) is 2.92. The smallest absolute Gasteiger partial charge is 0.250 e. The topological polar surface area (TPSA) is 62.0 Å². The van der Waals surface area contributed by atoms with E-state index in [0.717, 1.165) is 21.3 Å². The lowest BCUT2D eigenvalue weighted by atomic mass is 9.97. The highest BCUT2D eigenvalue weighted by Gasteiger charge is 2.23. The molecule has 4 aromatic rings. The lowest BCUT2D eigenvalue weighted by Gasteiger charge is -2.16. The van der Waals surface area contributed by atoms with Gasteiger partial charge in [0.15, 0.2) is 0 Å². The zero-order valence-electron chi connectivity index (χ0n) is 13.2. The molecule has 3 heterocycles. The SMILES string of the molecule is O=S(=O)(NC[C@H](c1cccs1)c1c[nH]c2ccccc12)c1cccs1. The number of nitrogens with one attached hydrogen (secondary N) is 2. The number of para-hydroxylation sites is 1. The van der Waals surface area contributed by atoms with Gasteiger partial charge >= 0.3 is 0 Å². The second-order valence-electron chi connectivity index (χ2n) is 5.64. The van der Waals surface area contributed by atoms with Crippen LogP contribution in [0.3, 0.4) is 0 Å². The first kappa shape index (κ1) is 16.5. The van der Waals surface area contributed by atoms with Crippen LogP contribution in [0.1, 0.15) is 16.4 Å². The van der Waals surface area contributed by atoms with E-state index in [2.05, 4.69) is 21.8 Å². The van der Waals surface area contributed by atoms with Crippen LogP contribution in [0.25, 0.3) is 10.9 Å². The van der Waals surface area contributed by atoms with E-state index in [1.54, 1.807) is 28.8 Å². The number of hydrogen-bond acceptors (Lipinski definition) is 4. The molecule has 0 aliphatic carbocycles. The third-order valence-corrected chi connectivity index (χ3v) is 7.93. The molecular formula is C18H16N2O2S3. The number of fused-ring (bicyclic) bond motifs is 1. The first-order valence-corrected chi connectivity index (χ1v) is 11.0. The van der Waals surface area contributed by atoms with Crippen molar-refractivity contribution in [2.75, 3.05) is 6.54 Å². The van der Waals surface area contributed by atoms with Crippen LogP contribution in [0.2, 0.25) is 0 Å². The summed E-state index contributed by atoms with van der Waals surface area (Å²) in [7, 11) is -3.48. The van der Waals surface area contributed by atoms with E-state index in [-0.39, 0.29) is 5.92 Å². The third-order valence-electron chi connectivity index (χ3n) is 4.12. The van der Waals surface area contributed by atoms with Crippen LogP contribution >= 0.6 is 22.7 Å². The second kappa shape index (κ2) is 6.76. The summed E-state index contributed by atoms with van der Waals surface area (Å²) >= 11 is 2.86. The van der Waals surface area contributed by atoms with Crippen molar-refractivity contribution in [2.45, 2.75) is 10.1 Å². The van der Waals surface area contributed by atoms with Crippen LogP contribution in [-0.2, 0) is 10.0 Å². The highest BCUT2D eigenvalue weighted by atomic mass is 32.2. The molecule has 7 heteroatoms. The van der Waals surface area contributed by atoms with Gasteiger partial charge in [0.2, 0.25) is 10.0 Å². The Balaban J connectivity index is 1.68. The molecule has 4 nitrogen and oxygen atoms in total. The van der Waals surface area contributed by atoms with Crippen molar-refractivity contribution >= 4 is 43.6 Å². The average molecular weight is 389 g/mol. The molecule has 0 fully saturated rings. The number of sulfonamides is 1. The van der Waals surface area contributed by atoms with Crippen LogP contribution in [0, 0.1) is 0 Å². The Hall–Kier alpha value is -1.93. The highest BCUT2D eigenvalue weighted by Crippen LogP contribution is 2.33. The monoisotopic (exact) mass is 388 g/mol. The van der Waals surface area contributed by atoms with Gasteiger partial charge < -0.3 is 4.98 Å². The predicted molar refractivity (Wildman–Crippen MR) is 104 cm³/mol. The fourth-order valence-corrected chi connectivity index (χ4v) is 5.85. The molecule has 0 bridgehead atoms. The van der Waals surface area contributed by atoms with Crippen LogP contribution < -0.4 is 4.72 Å². The number of aromatic amines is 1. The maximum atomic E-state index is 12.5. The van der Waals surface area contributed by atoms with Gasteiger partial charge in [-0.25, -0.2) is 13.1 Å². The van der Waals surface area contributed by atoms with E-state index in [4.69, 9.17) is 0 Å². The molecule has 25 heavy (non-hydrogen) atoms. The molecule has 0 aliphatic rings. The minimum atomic E-state index is -3.48. The Morgan fingerprint density at radius 2 is 1.80 bits per heavy atom. The average Bonchev–Trinajstić information content (AvgIpc) is 3.37. The summed E-state index contributed by atoms with van der Waals surface area (Å²) in [6.07, 6.45) is 1.98. The van der Waals surface area contributed by atoms with Gasteiger partial charge in [-0.1, -0.05) is 30.3 Å². The molecule has 4 rings (SSSR count). The summed E-state index contributed by atoms with van der Waals surface area (Å²) in [6, 6.07) is 15.5. The normalized spacial score (nSPS) is 13.3. The molecule has 128 valence electrons. The van der Waals surface area contributed by atoms with Gasteiger partial charge in [-0.3, -0.25) is 0 Å². The van der Waals surface area contributed by atoms with Crippen LogP contribution in [0.4, 0.5) is 0 Å². The molecule has 2 N–H and O–H groups in total. The van der Waals surface area contributed by atoms with E-state index in [9.17, 15) is 8.42 Å². The number of benzene rings is 1. The quantitative estimate of drug-likeness (QED) is 0.514. The second-order valence-corrected chi connectivity index (χ2v) is 9.56. The van der Waals surface area contributed by atoms with Crippen LogP contribution in [0.15, 0.2) is 69.7 Å². The summed E-state index contributed by atoms with van der Waals surface area (Å²) in [5, 5.41) is 4.91. The van der Waals surface area contributed by atoms with E-state index in [0.29, 0.717) is 10.8 Å². The number of H-pyrrole nitrogens is 1. The van der Waals surface area contributed by atoms with Crippen LogP contribution in [-0.4, -0.2) is 19.9 Å². The van der Waals surface area contributed by atoms with Gasteiger partial charge in [-0.05, 0) is 34.5 Å². The molecule has 1 aromatic carbocycles. The zero-order valence-corrected chi connectivity index (χ0v) is 15.6. The van der Waals surface area contributed by atoms with E-state index >= 15 is 0 Å². The maximum absolute atomic E-state index is 12.5. The third kappa shape index (κ3) is 3.28. The van der Waals surface area contributed by atoms with E-state index < -0.39 is 10.0 Å². The Morgan fingerprint density at radius 3 is 2.56 bits per heavy atom. The number of rotatable bonds is 6. The molecule has 1 atom stereocenters. The maximum Gasteiger partial charge on any atom is 0.250 e. The van der Waals surface area contributed by atoms with Crippen molar-refractivity contribution in [3.8, 4) is 0 Å². The van der Waals surface area contributed by atoms with Gasteiger partial charge in [0.05, 0.1) is 0 Å². The van der Waals surface area contributed by atoms with Crippen molar-refractivity contribution in [1.29, 1.82) is 0 Å². The fraction of sp³-hybridized carbons (Fsp3) is 0.111. The highest BCUT2D eigenvalue weighted by molar-refractivity contribution is 7.91. The molecule has 0 spiro atoms. The Kier molecular flexibility index (Phi) is 4.47. The van der Waals surface area contributed by atoms with Crippen LogP contribution in [0.5, 0.6) is 0 Å². The predicted octanol–water partition coefficient (Wildman–Crippen LogP) is 4.40. The molecule has 0 saturated heterocycles. The van der Waals surface area contributed by atoms with Gasteiger partial charge in [-0.2, -0.15) is 0 Å². The Morgan fingerprint density at radius 1 is 1.00 bits per heavy atom. The minimum Gasteiger partial charge on any atom is -0.361 e. The molecular weight excluding hydrogens is 372 g/mol. The van der Waals surface area contributed by atoms with Gasteiger partial charge in [0.25, 0.3) is 0 Å². The number of aromatic nitrogens is 1. The van der Waals surface area contributed by atoms with Gasteiger partial charge in [0, 0.05) is 34.4 Å². The molecule has 0 unspecified atom stereocenters. The summed E-state index contributed by atoms with van der Waals surface area (Å²) < 4.78 is 28.1. The summed E-state index contributed by atoms with van der Waals surface area (Å²) in [5.74, 6) is -0.0362. The van der Waals surface area contributed by atoms with Gasteiger partial charge in [-0.15, -0.1) is 22.7 Å². The molecule has 0 aliphatic heterocycles. The standard InChI is InChI=1S/C18H16N2O2S3/c21-25(22,18-8-4-10-24-18)20-12-15(17-7-3-9-23-17)14-11-19-16-6-2-1-5-13(14)16/h1-11,15,19-20H,12H2/t15-/m0/s1. The number of hydrogen-bond donors (Lipinski definition) is 2. The Bertz CT molecular complexity index is 1060. The first-order chi connectivity index (χ1) is 12.1. The molecule has 0 radical (unpaired) electrons. The molecule has 3 aromatic heterocycles. The first-order valence-electron chi connectivity index (χ1n) is 7.78. The van der Waals surface area contributed by atoms with Gasteiger partial charge in [0.1, 0.15) is 4.21 Å². The number of thiophene rings is 2. The summed E-state index contributed by atoms with van der Waals surface area (Å²) in [4.78, 5) is 4.42. The molecule has 0 amide bonds. The van der Waals surface area contributed by atoms with Crippen molar-refractivity contribution < 1.29 is 8.42 Å². The van der Waals surface area contributed by atoms with Crippen molar-refractivity contribution in [3.63, 3.8) is 0 Å². The lowest BCUT2D eigenvalue weighted by Crippen LogP contribution is -2.28. The van der Waals surface area contributed by atoms with Crippen molar-refractivity contribution in [1.82, 2.24) is 9.71 Å². The minimum absolute atomic E-state index is 0.0362. The zero-order chi connectivity index (χ0) is 17.3.